The van der Waals surface area contributed by atoms with Crippen molar-refractivity contribution < 1.29 is 0 Å². The van der Waals surface area contributed by atoms with Crippen LogP contribution in [0, 0.1) is 0 Å². The van der Waals surface area contributed by atoms with E-state index in [9.17, 15) is 0 Å². The van der Waals surface area contributed by atoms with Crippen LogP contribution in [0.1, 0.15) is 6.42 Å². The fourth-order valence-electron chi connectivity index (χ4n) is 1.64. The number of hydrogen-bond acceptors (Lipinski definition) is 3. The Hall–Kier alpha value is -1.58. The Morgan fingerprint density at radius 3 is 3.00 bits per heavy atom. The predicted octanol–water partition coefficient (Wildman–Crippen LogP) is 0.939. The van der Waals surface area contributed by atoms with E-state index in [1.165, 1.54) is 12.1 Å². The summed E-state index contributed by atoms with van der Waals surface area (Å²) in [5.41, 5.74) is 2.16. The summed E-state index contributed by atoms with van der Waals surface area (Å²) in [5, 5.41) is 4.10. The van der Waals surface area contributed by atoms with E-state index in [1.807, 2.05) is 16.8 Å². The lowest BCUT2D eigenvalue weighted by atomic mass is 10.2. The van der Waals surface area contributed by atoms with Crippen molar-refractivity contribution in [1.29, 1.82) is 0 Å². The zero-order valence-electron chi connectivity index (χ0n) is 7.22. The van der Waals surface area contributed by atoms with E-state index in [4.69, 9.17) is 0 Å². The molecule has 0 spiro atoms. The van der Waals surface area contributed by atoms with Crippen molar-refractivity contribution in [3.63, 3.8) is 0 Å². The molecule has 0 bridgehead atoms. The third-order valence-corrected chi connectivity index (χ3v) is 2.48. The number of hydrogen-bond donors (Lipinski definition) is 0. The monoisotopic (exact) mass is 174 g/mol. The highest BCUT2D eigenvalue weighted by atomic mass is 15.3. The van der Waals surface area contributed by atoms with Crippen LogP contribution in [-0.2, 0) is 0 Å². The number of fused-ring (bicyclic) bond motifs is 1. The Morgan fingerprint density at radius 1 is 1.31 bits per heavy atom. The molecule has 3 rings (SSSR count). The van der Waals surface area contributed by atoms with E-state index in [2.05, 4.69) is 21.0 Å². The van der Waals surface area contributed by atoms with Crippen LogP contribution in [0.5, 0.6) is 0 Å². The van der Waals surface area contributed by atoms with Crippen LogP contribution in [0.2, 0.25) is 0 Å². The molecule has 3 heterocycles. The molecule has 4 heteroatoms. The number of nitrogens with zero attached hydrogens (tertiary/aromatic N) is 4. The number of rotatable bonds is 1. The van der Waals surface area contributed by atoms with E-state index in [0.717, 1.165) is 18.7 Å². The van der Waals surface area contributed by atoms with Crippen LogP contribution in [0.15, 0.2) is 24.7 Å². The Bertz CT molecular complexity index is 430. The maximum atomic E-state index is 4.23. The van der Waals surface area contributed by atoms with Crippen molar-refractivity contribution in [2.75, 3.05) is 18.0 Å². The van der Waals surface area contributed by atoms with Gasteiger partial charge in [0.05, 0.1) is 5.69 Å². The first-order valence-corrected chi connectivity index (χ1v) is 4.48. The molecule has 2 aromatic heterocycles. The molecule has 4 nitrogen and oxygen atoms in total. The van der Waals surface area contributed by atoms with Gasteiger partial charge in [-0.25, -0.2) is 9.50 Å². The van der Waals surface area contributed by atoms with Gasteiger partial charge in [0.2, 0.25) is 0 Å². The Balaban J connectivity index is 2.20. The van der Waals surface area contributed by atoms with Gasteiger partial charge in [0, 0.05) is 19.3 Å². The summed E-state index contributed by atoms with van der Waals surface area (Å²) >= 11 is 0. The smallest absolute Gasteiger partial charge is 0.178 e. The average molecular weight is 174 g/mol. The van der Waals surface area contributed by atoms with Crippen LogP contribution in [-0.4, -0.2) is 27.7 Å². The van der Waals surface area contributed by atoms with Gasteiger partial charge >= 0.3 is 0 Å². The van der Waals surface area contributed by atoms with Gasteiger partial charge in [-0.15, -0.1) is 0 Å². The third kappa shape index (κ3) is 0.915. The van der Waals surface area contributed by atoms with Crippen LogP contribution in [0.3, 0.4) is 0 Å². The van der Waals surface area contributed by atoms with Gasteiger partial charge in [-0.3, -0.25) is 0 Å². The predicted molar refractivity (Wildman–Crippen MR) is 49.8 cm³/mol. The molecule has 1 fully saturated rings. The van der Waals surface area contributed by atoms with Gasteiger partial charge in [-0.05, 0) is 18.6 Å². The molecule has 1 aliphatic rings. The summed E-state index contributed by atoms with van der Waals surface area (Å²) in [7, 11) is 0. The van der Waals surface area contributed by atoms with Crippen molar-refractivity contribution in [2.45, 2.75) is 6.42 Å². The summed E-state index contributed by atoms with van der Waals surface area (Å²) < 4.78 is 1.81. The molecule has 0 amide bonds. The van der Waals surface area contributed by atoms with Gasteiger partial charge in [0.25, 0.3) is 0 Å². The highest BCUT2D eigenvalue weighted by molar-refractivity contribution is 5.68. The molecule has 0 aromatic carbocycles. The molecule has 0 saturated carbocycles. The second kappa shape index (κ2) is 2.45. The molecule has 0 atom stereocenters. The van der Waals surface area contributed by atoms with Crippen LogP contribution in [0.25, 0.3) is 5.65 Å². The molecule has 0 radical (unpaired) electrons. The third-order valence-electron chi connectivity index (χ3n) is 2.48. The highest BCUT2D eigenvalue weighted by Gasteiger charge is 2.17. The molecule has 0 unspecified atom stereocenters. The van der Waals surface area contributed by atoms with Crippen molar-refractivity contribution >= 4 is 11.3 Å². The van der Waals surface area contributed by atoms with E-state index >= 15 is 0 Å². The molecule has 66 valence electrons. The lowest BCUT2D eigenvalue weighted by molar-refractivity contribution is 0.618. The zero-order valence-corrected chi connectivity index (χ0v) is 7.22. The topological polar surface area (TPSA) is 33.4 Å². The Kier molecular flexibility index (Phi) is 1.30. The fraction of sp³-hybridized carbons (Fsp3) is 0.333. The minimum absolute atomic E-state index is 0.960. The van der Waals surface area contributed by atoms with E-state index in [-0.39, 0.29) is 0 Å². The lowest BCUT2D eigenvalue weighted by Gasteiger charge is -2.32. The first-order chi connectivity index (χ1) is 6.45. The Morgan fingerprint density at radius 2 is 2.23 bits per heavy atom. The number of pyridine rings is 1. The standard InChI is InChI=1S/C9H10N4/c1-3-8(12-4-2-5-12)9-10-7-11-13(9)6-1/h1,3,6-7H,2,4-5H2. The largest absolute Gasteiger partial charge is 0.368 e. The van der Waals surface area contributed by atoms with Crippen molar-refractivity contribution in [3.05, 3.63) is 24.7 Å². The van der Waals surface area contributed by atoms with Gasteiger partial charge in [0.15, 0.2) is 5.65 Å². The summed E-state index contributed by atoms with van der Waals surface area (Å²) in [6.45, 7) is 2.29. The second-order valence-electron chi connectivity index (χ2n) is 3.26. The van der Waals surface area contributed by atoms with Gasteiger partial charge in [-0.2, -0.15) is 5.10 Å². The van der Waals surface area contributed by atoms with Crippen LogP contribution < -0.4 is 4.90 Å². The Labute approximate surface area is 75.8 Å². The number of aromatic nitrogens is 3. The quantitative estimate of drug-likeness (QED) is 0.645. The maximum absolute atomic E-state index is 4.23. The minimum Gasteiger partial charge on any atom is -0.368 e. The molecule has 1 aliphatic heterocycles. The molecule has 13 heavy (non-hydrogen) atoms. The number of anilines is 1. The van der Waals surface area contributed by atoms with E-state index in [1.54, 1.807) is 6.33 Å². The lowest BCUT2D eigenvalue weighted by Crippen LogP contribution is -2.37. The van der Waals surface area contributed by atoms with Crippen molar-refractivity contribution in [2.24, 2.45) is 0 Å². The zero-order chi connectivity index (χ0) is 8.67. The molecular formula is C9H10N4. The van der Waals surface area contributed by atoms with Crippen LogP contribution >= 0.6 is 0 Å². The van der Waals surface area contributed by atoms with E-state index in [0.29, 0.717) is 0 Å². The van der Waals surface area contributed by atoms with Gasteiger partial charge < -0.3 is 4.90 Å². The molecule has 0 N–H and O–H groups in total. The maximum Gasteiger partial charge on any atom is 0.178 e. The molecule has 2 aromatic rings. The van der Waals surface area contributed by atoms with Gasteiger partial charge in [0.1, 0.15) is 6.33 Å². The summed E-state index contributed by atoms with van der Waals surface area (Å²) in [4.78, 5) is 6.56. The average Bonchev–Trinajstić information content (AvgIpc) is 2.49. The SMILES string of the molecule is c1cc(N2CCC2)c2ncnn2c1. The first-order valence-electron chi connectivity index (χ1n) is 4.48. The second-order valence-corrected chi connectivity index (χ2v) is 3.26. The minimum atomic E-state index is 0.960. The normalized spacial score (nSPS) is 16.2. The summed E-state index contributed by atoms with van der Waals surface area (Å²) in [6.07, 6.45) is 4.80. The fourth-order valence-corrected chi connectivity index (χ4v) is 1.64. The first kappa shape index (κ1) is 6.88. The van der Waals surface area contributed by atoms with Crippen molar-refractivity contribution in [1.82, 2.24) is 14.6 Å². The van der Waals surface area contributed by atoms with Gasteiger partial charge in [-0.1, -0.05) is 0 Å². The van der Waals surface area contributed by atoms with E-state index < -0.39 is 0 Å². The molecule has 1 saturated heterocycles. The van der Waals surface area contributed by atoms with Crippen molar-refractivity contribution in [3.8, 4) is 0 Å². The summed E-state index contributed by atoms with van der Waals surface area (Å²) in [6, 6.07) is 4.11. The summed E-state index contributed by atoms with van der Waals surface area (Å²) in [5.74, 6) is 0. The highest BCUT2D eigenvalue weighted by Crippen LogP contribution is 2.23. The molecule has 0 aliphatic carbocycles. The van der Waals surface area contributed by atoms with Crippen LogP contribution in [0.4, 0.5) is 5.69 Å². The molecular weight excluding hydrogens is 164 g/mol.